The van der Waals surface area contributed by atoms with Gasteiger partial charge in [0.1, 0.15) is 0 Å². The minimum absolute atomic E-state index is 0.908. The van der Waals surface area contributed by atoms with Crippen LogP contribution >= 0.6 is 0 Å². The van der Waals surface area contributed by atoms with E-state index in [4.69, 9.17) is 0 Å². The van der Waals surface area contributed by atoms with Gasteiger partial charge in [0.15, 0.2) is 0 Å². The van der Waals surface area contributed by atoms with E-state index >= 15 is 0 Å². The quantitative estimate of drug-likeness (QED) is 0.778. The molecule has 2 rings (SSSR count). The second-order valence-corrected chi connectivity index (χ2v) is 4.23. The number of nitrogens with zero attached hydrogens (tertiary/aromatic N) is 2. The summed E-state index contributed by atoms with van der Waals surface area (Å²) in [5.74, 6) is 1.96. The van der Waals surface area contributed by atoms with Crippen LogP contribution in [-0.2, 0) is 6.54 Å². The van der Waals surface area contributed by atoms with E-state index in [2.05, 4.69) is 34.9 Å². The molecule has 1 N–H and O–H groups in total. The van der Waals surface area contributed by atoms with E-state index in [1.807, 2.05) is 0 Å². The predicted molar refractivity (Wildman–Crippen MR) is 58.5 cm³/mol. The normalized spacial score (nSPS) is 15.9. The molecule has 1 heterocycles. The van der Waals surface area contributed by atoms with Crippen LogP contribution in [0.25, 0.3) is 0 Å². The monoisotopic (exact) mass is 193 g/mol. The van der Waals surface area contributed by atoms with Gasteiger partial charge in [0, 0.05) is 19.3 Å². The molecule has 0 unspecified atom stereocenters. The Hall–Kier alpha value is -0.990. The van der Waals surface area contributed by atoms with Crippen molar-refractivity contribution in [3.8, 4) is 0 Å². The first-order valence-electron chi connectivity index (χ1n) is 5.57. The summed E-state index contributed by atoms with van der Waals surface area (Å²) in [7, 11) is 0. The minimum Gasteiger partial charge on any atom is -0.356 e. The average Bonchev–Trinajstić information content (AvgIpc) is 2.88. The lowest BCUT2D eigenvalue weighted by Gasteiger charge is -2.07. The van der Waals surface area contributed by atoms with Gasteiger partial charge in [-0.2, -0.15) is 0 Å². The summed E-state index contributed by atoms with van der Waals surface area (Å²) in [5.41, 5.74) is 1.12. The van der Waals surface area contributed by atoms with Crippen LogP contribution in [0.2, 0.25) is 0 Å². The van der Waals surface area contributed by atoms with E-state index in [0.29, 0.717) is 0 Å². The molecule has 14 heavy (non-hydrogen) atoms. The fourth-order valence-electron chi connectivity index (χ4n) is 1.64. The number of imidazole rings is 1. The third kappa shape index (κ3) is 2.28. The minimum atomic E-state index is 0.908. The van der Waals surface area contributed by atoms with Gasteiger partial charge in [0.2, 0.25) is 5.95 Å². The Bertz CT molecular complexity index is 299. The van der Waals surface area contributed by atoms with Crippen molar-refractivity contribution in [1.29, 1.82) is 0 Å². The van der Waals surface area contributed by atoms with Gasteiger partial charge in [0.05, 0.1) is 5.69 Å². The molecule has 0 aliphatic heterocycles. The number of rotatable bonds is 5. The Balaban J connectivity index is 2.02. The first-order valence-corrected chi connectivity index (χ1v) is 5.57. The molecule has 0 radical (unpaired) electrons. The molecule has 0 spiro atoms. The molecule has 0 bridgehead atoms. The molecule has 0 aromatic carbocycles. The largest absolute Gasteiger partial charge is 0.356 e. The van der Waals surface area contributed by atoms with Crippen molar-refractivity contribution in [2.75, 3.05) is 11.9 Å². The highest BCUT2D eigenvalue weighted by molar-refractivity contribution is 5.28. The highest BCUT2D eigenvalue weighted by Crippen LogP contribution is 2.31. The Kier molecular flexibility index (Phi) is 2.75. The molecule has 0 saturated heterocycles. The molecule has 0 atom stereocenters. The number of nitrogens with one attached hydrogen (secondary N) is 1. The lowest BCUT2D eigenvalue weighted by atomic mass is 10.4. The highest BCUT2D eigenvalue weighted by atomic mass is 15.2. The molecule has 1 aromatic heterocycles. The zero-order valence-electron chi connectivity index (χ0n) is 9.08. The SMILES string of the molecule is CCCNc1nc(C)cn1CC1CC1. The Morgan fingerprint density at radius 2 is 2.36 bits per heavy atom. The van der Waals surface area contributed by atoms with E-state index in [0.717, 1.165) is 37.1 Å². The van der Waals surface area contributed by atoms with Crippen LogP contribution in [0.15, 0.2) is 6.20 Å². The van der Waals surface area contributed by atoms with Crippen molar-refractivity contribution < 1.29 is 0 Å². The average molecular weight is 193 g/mol. The van der Waals surface area contributed by atoms with Gasteiger partial charge in [-0.05, 0) is 32.1 Å². The van der Waals surface area contributed by atoms with Crippen molar-refractivity contribution >= 4 is 5.95 Å². The molecule has 1 aliphatic rings. The molecule has 1 fully saturated rings. The molecule has 0 amide bonds. The van der Waals surface area contributed by atoms with Crippen LogP contribution < -0.4 is 5.32 Å². The summed E-state index contributed by atoms with van der Waals surface area (Å²) in [6, 6.07) is 0. The zero-order valence-corrected chi connectivity index (χ0v) is 9.08. The number of hydrogen-bond donors (Lipinski definition) is 1. The van der Waals surface area contributed by atoms with Crippen LogP contribution in [0.1, 0.15) is 31.9 Å². The van der Waals surface area contributed by atoms with Gasteiger partial charge in [-0.15, -0.1) is 0 Å². The topological polar surface area (TPSA) is 29.9 Å². The Morgan fingerprint density at radius 3 is 3.00 bits per heavy atom. The summed E-state index contributed by atoms with van der Waals surface area (Å²) in [6.07, 6.45) is 6.08. The van der Waals surface area contributed by atoms with Crippen molar-refractivity contribution in [3.63, 3.8) is 0 Å². The summed E-state index contributed by atoms with van der Waals surface area (Å²) in [5, 5.41) is 3.37. The van der Waals surface area contributed by atoms with Gasteiger partial charge in [-0.25, -0.2) is 4.98 Å². The molecule has 78 valence electrons. The van der Waals surface area contributed by atoms with Gasteiger partial charge in [-0.3, -0.25) is 0 Å². The van der Waals surface area contributed by atoms with Crippen molar-refractivity contribution in [2.45, 2.75) is 39.7 Å². The smallest absolute Gasteiger partial charge is 0.203 e. The predicted octanol–water partition coefficient (Wildman–Crippen LogP) is 2.42. The van der Waals surface area contributed by atoms with Gasteiger partial charge in [0.25, 0.3) is 0 Å². The van der Waals surface area contributed by atoms with E-state index < -0.39 is 0 Å². The van der Waals surface area contributed by atoms with Crippen LogP contribution in [0.4, 0.5) is 5.95 Å². The van der Waals surface area contributed by atoms with Crippen LogP contribution in [0.5, 0.6) is 0 Å². The van der Waals surface area contributed by atoms with E-state index in [1.165, 1.54) is 12.8 Å². The molecule has 1 saturated carbocycles. The summed E-state index contributed by atoms with van der Waals surface area (Å²) < 4.78 is 2.27. The maximum Gasteiger partial charge on any atom is 0.203 e. The molecule has 3 heteroatoms. The molecule has 3 nitrogen and oxygen atoms in total. The standard InChI is InChI=1S/C11H19N3/c1-3-6-12-11-13-9(2)7-14(11)8-10-4-5-10/h7,10H,3-6,8H2,1-2H3,(H,12,13). The summed E-state index contributed by atoms with van der Waals surface area (Å²) >= 11 is 0. The number of hydrogen-bond acceptors (Lipinski definition) is 2. The zero-order chi connectivity index (χ0) is 9.97. The van der Waals surface area contributed by atoms with Gasteiger partial charge in [-0.1, -0.05) is 6.92 Å². The van der Waals surface area contributed by atoms with Crippen molar-refractivity contribution in [2.24, 2.45) is 5.92 Å². The molecule has 1 aliphatic carbocycles. The highest BCUT2D eigenvalue weighted by Gasteiger charge is 2.22. The number of aryl methyl sites for hydroxylation is 1. The van der Waals surface area contributed by atoms with Crippen molar-refractivity contribution in [3.05, 3.63) is 11.9 Å². The van der Waals surface area contributed by atoms with Gasteiger partial charge < -0.3 is 9.88 Å². The van der Waals surface area contributed by atoms with E-state index in [1.54, 1.807) is 0 Å². The lowest BCUT2D eigenvalue weighted by molar-refractivity contribution is 0.630. The van der Waals surface area contributed by atoms with Crippen LogP contribution in [0.3, 0.4) is 0 Å². The summed E-state index contributed by atoms with van der Waals surface area (Å²) in [4.78, 5) is 4.48. The van der Waals surface area contributed by atoms with E-state index in [9.17, 15) is 0 Å². The maximum absolute atomic E-state index is 4.48. The Morgan fingerprint density at radius 1 is 1.57 bits per heavy atom. The maximum atomic E-state index is 4.48. The van der Waals surface area contributed by atoms with E-state index in [-0.39, 0.29) is 0 Å². The first-order chi connectivity index (χ1) is 6.79. The third-order valence-electron chi connectivity index (χ3n) is 2.58. The number of anilines is 1. The third-order valence-corrected chi connectivity index (χ3v) is 2.58. The Labute approximate surface area is 85.5 Å². The molecular weight excluding hydrogens is 174 g/mol. The first kappa shape index (κ1) is 9.56. The van der Waals surface area contributed by atoms with Crippen LogP contribution in [0, 0.1) is 12.8 Å². The van der Waals surface area contributed by atoms with Gasteiger partial charge >= 0.3 is 0 Å². The van der Waals surface area contributed by atoms with Crippen LogP contribution in [-0.4, -0.2) is 16.1 Å². The fraction of sp³-hybridized carbons (Fsp3) is 0.727. The second kappa shape index (κ2) is 4.03. The lowest BCUT2D eigenvalue weighted by Crippen LogP contribution is -2.08. The molecular formula is C11H19N3. The summed E-state index contributed by atoms with van der Waals surface area (Å²) in [6.45, 7) is 6.39. The fourth-order valence-corrected chi connectivity index (χ4v) is 1.64. The number of aromatic nitrogens is 2. The van der Waals surface area contributed by atoms with Crippen molar-refractivity contribution in [1.82, 2.24) is 9.55 Å². The molecule has 1 aromatic rings. The second-order valence-electron chi connectivity index (χ2n) is 4.23.